The van der Waals surface area contributed by atoms with Crippen LogP contribution in [0.1, 0.15) is 22.3 Å². The largest absolute Gasteiger partial charge is 0.310 e. The van der Waals surface area contributed by atoms with Crippen LogP contribution in [0.15, 0.2) is 199 Å². The number of fused-ring (bicyclic) bond motifs is 10. The van der Waals surface area contributed by atoms with Crippen molar-refractivity contribution in [2.75, 3.05) is 16.1 Å². The highest BCUT2D eigenvalue weighted by Crippen LogP contribution is 2.65. The van der Waals surface area contributed by atoms with E-state index >= 15 is 0 Å². The van der Waals surface area contributed by atoms with E-state index in [0.29, 0.717) is 5.02 Å². The molecule has 4 heteroatoms. The number of hydrogen-bond donors (Lipinski definition) is 0. The summed E-state index contributed by atoms with van der Waals surface area (Å²) in [6.07, 6.45) is 2.19. The maximum absolute atomic E-state index is 6.60. The molecule has 2 aliphatic carbocycles. The number of para-hydroxylation sites is 2. The monoisotopic (exact) mass is 730 g/mol. The second kappa shape index (κ2) is 13.1. The second-order valence-corrected chi connectivity index (χ2v) is 15.0. The lowest BCUT2D eigenvalue weighted by molar-refractivity contribution is 0.792. The summed E-state index contributed by atoms with van der Waals surface area (Å²) in [4.78, 5) is 6.01. The minimum absolute atomic E-state index is 0.444. The van der Waals surface area contributed by atoms with Crippen molar-refractivity contribution < 1.29 is 0 Å². The number of benzene rings is 8. The van der Waals surface area contributed by atoms with E-state index in [1.165, 1.54) is 49.4 Å². The summed E-state index contributed by atoms with van der Waals surface area (Å²) >= 11 is 8.42. The van der Waals surface area contributed by atoms with Crippen LogP contribution in [-0.2, 0) is 5.41 Å². The van der Waals surface area contributed by atoms with Crippen LogP contribution in [-0.4, -0.2) is 6.26 Å². The Morgan fingerprint density at radius 2 is 0.870 bits per heavy atom. The minimum Gasteiger partial charge on any atom is -0.310 e. The molecule has 8 aromatic rings. The topological polar surface area (TPSA) is 6.48 Å². The molecule has 0 radical (unpaired) electrons. The summed E-state index contributed by atoms with van der Waals surface area (Å²) in [6.45, 7) is 0. The first-order valence-electron chi connectivity index (χ1n) is 18.2. The second-order valence-electron chi connectivity index (χ2n) is 13.8. The van der Waals surface area contributed by atoms with Gasteiger partial charge in [-0.05, 0) is 112 Å². The molecule has 1 atom stereocenters. The van der Waals surface area contributed by atoms with Gasteiger partial charge >= 0.3 is 0 Å². The average molecular weight is 731 g/mol. The molecule has 0 saturated heterocycles. The predicted molar refractivity (Wildman–Crippen MR) is 229 cm³/mol. The van der Waals surface area contributed by atoms with Crippen molar-refractivity contribution in [3.05, 3.63) is 221 Å². The Balaban J connectivity index is 1.24. The first-order chi connectivity index (χ1) is 26.7. The van der Waals surface area contributed by atoms with Crippen molar-refractivity contribution in [3.63, 3.8) is 0 Å². The quantitative estimate of drug-likeness (QED) is 0.151. The third kappa shape index (κ3) is 4.89. The van der Waals surface area contributed by atoms with Crippen LogP contribution in [0.25, 0.3) is 22.3 Å². The van der Waals surface area contributed by atoms with Crippen LogP contribution in [0.3, 0.4) is 0 Å². The van der Waals surface area contributed by atoms with Gasteiger partial charge in [0.1, 0.15) is 0 Å². The van der Waals surface area contributed by atoms with Gasteiger partial charge in [-0.2, -0.15) is 0 Å². The summed E-state index contributed by atoms with van der Waals surface area (Å²) in [5, 5.41) is 0.697. The number of thioether (sulfide) groups is 1. The van der Waals surface area contributed by atoms with Crippen LogP contribution in [0.5, 0.6) is 0 Å². The third-order valence-electron chi connectivity index (χ3n) is 11.0. The standard InChI is InChI=1S/C50H35ClN2S/c1-54-47-31-15-29-45-49(47)41-25-9-11-27-43(41)50(45)42-26-10-8-24-40(42)48-44(50)28-14-30-46(48)53(36-19-6-3-7-20-36)39-23-13-22-38(33-39)52(35-17-4-2-5-18-35)37-21-12-16-34(51)32-37/h2-33H,1H3. The smallest absolute Gasteiger partial charge is 0.0726 e. The predicted octanol–water partition coefficient (Wildman–Crippen LogP) is 14.3. The van der Waals surface area contributed by atoms with Crippen LogP contribution in [0.4, 0.5) is 34.1 Å². The molecular formula is C50H35ClN2S. The van der Waals surface area contributed by atoms with Crippen LogP contribution < -0.4 is 9.80 Å². The Bertz CT molecular complexity index is 2690. The maximum atomic E-state index is 6.60. The van der Waals surface area contributed by atoms with Crippen molar-refractivity contribution >= 4 is 57.5 Å². The Hall–Kier alpha value is -6.00. The van der Waals surface area contributed by atoms with Gasteiger partial charge in [-0.3, -0.25) is 0 Å². The van der Waals surface area contributed by atoms with E-state index in [2.05, 4.69) is 192 Å². The zero-order valence-electron chi connectivity index (χ0n) is 29.7. The summed E-state index contributed by atoms with van der Waals surface area (Å²) in [5.41, 5.74) is 16.5. The number of rotatable bonds is 7. The van der Waals surface area contributed by atoms with E-state index in [0.717, 1.165) is 34.1 Å². The summed E-state index contributed by atoms with van der Waals surface area (Å²) in [7, 11) is 0. The molecule has 2 nitrogen and oxygen atoms in total. The molecular weight excluding hydrogens is 696 g/mol. The highest BCUT2D eigenvalue weighted by molar-refractivity contribution is 7.98. The van der Waals surface area contributed by atoms with Gasteiger partial charge in [0.05, 0.1) is 11.1 Å². The summed E-state index contributed by atoms with van der Waals surface area (Å²) < 4.78 is 0. The zero-order valence-corrected chi connectivity index (χ0v) is 31.2. The van der Waals surface area contributed by atoms with E-state index in [-0.39, 0.29) is 0 Å². The zero-order chi connectivity index (χ0) is 36.2. The first-order valence-corrected chi connectivity index (χ1v) is 19.9. The average Bonchev–Trinajstić information content (AvgIpc) is 3.70. The number of nitrogens with zero attached hydrogens (tertiary/aromatic N) is 2. The molecule has 258 valence electrons. The van der Waals surface area contributed by atoms with Gasteiger partial charge in [-0.1, -0.05) is 133 Å². The van der Waals surface area contributed by atoms with E-state index in [1.807, 2.05) is 30.0 Å². The number of anilines is 6. The minimum atomic E-state index is -0.444. The van der Waals surface area contributed by atoms with E-state index in [1.54, 1.807) is 0 Å². The lowest BCUT2D eigenvalue weighted by Gasteiger charge is -2.32. The molecule has 8 aromatic carbocycles. The van der Waals surface area contributed by atoms with Crippen molar-refractivity contribution in [2.45, 2.75) is 10.3 Å². The molecule has 1 spiro atoms. The van der Waals surface area contributed by atoms with Gasteiger partial charge in [0, 0.05) is 49.5 Å². The summed E-state index contributed by atoms with van der Waals surface area (Å²) in [6, 6.07) is 70.1. The van der Waals surface area contributed by atoms with Crippen molar-refractivity contribution in [1.29, 1.82) is 0 Å². The van der Waals surface area contributed by atoms with Gasteiger partial charge in [-0.15, -0.1) is 11.8 Å². The van der Waals surface area contributed by atoms with Crippen LogP contribution in [0.2, 0.25) is 5.02 Å². The molecule has 1 unspecified atom stereocenters. The van der Waals surface area contributed by atoms with E-state index in [4.69, 9.17) is 11.6 Å². The fourth-order valence-electron chi connectivity index (χ4n) is 8.96. The molecule has 10 rings (SSSR count). The van der Waals surface area contributed by atoms with Gasteiger partial charge in [0.15, 0.2) is 0 Å². The Kier molecular flexibility index (Phi) is 7.94. The Morgan fingerprint density at radius 1 is 0.407 bits per heavy atom. The van der Waals surface area contributed by atoms with E-state index < -0.39 is 5.41 Å². The van der Waals surface area contributed by atoms with Gasteiger partial charge in [0.2, 0.25) is 0 Å². The third-order valence-corrected chi connectivity index (χ3v) is 12.0. The molecule has 2 aliphatic rings. The van der Waals surface area contributed by atoms with Crippen LogP contribution >= 0.6 is 23.4 Å². The van der Waals surface area contributed by atoms with Crippen LogP contribution in [0, 0.1) is 0 Å². The molecule has 54 heavy (non-hydrogen) atoms. The Morgan fingerprint density at radius 3 is 1.52 bits per heavy atom. The first kappa shape index (κ1) is 32.6. The highest BCUT2D eigenvalue weighted by atomic mass is 35.5. The molecule has 0 aliphatic heterocycles. The lowest BCUT2D eigenvalue weighted by atomic mass is 9.70. The molecule has 0 fully saturated rings. The van der Waals surface area contributed by atoms with Gasteiger partial charge in [0.25, 0.3) is 0 Å². The number of halogens is 1. The lowest BCUT2D eigenvalue weighted by Crippen LogP contribution is -2.26. The van der Waals surface area contributed by atoms with Gasteiger partial charge < -0.3 is 9.80 Å². The molecule has 0 amide bonds. The highest BCUT2D eigenvalue weighted by Gasteiger charge is 2.52. The van der Waals surface area contributed by atoms with Crippen molar-refractivity contribution in [2.24, 2.45) is 0 Å². The molecule has 0 aromatic heterocycles. The fraction of sp³-hybridized carbons (Fsp3) is 0.0400. The molecule has 0 saturated carbocycles. The molecule has 0 N–H and O–H groups in total. The van der Waals surface area contributed by atoms with Crippen molar-refractivity contribution in [3.8, 4) is 22.3 Å². The molecule has 0 bridgehead atoms. The number of hydrogen-bond acceptors (Lipinski definition) is 3. The fourth-order valence-corrected chi connectivity index (χ4v) is 9.78. The van der Waals surface area contributed by atoms with E-state index in [9.17, 15) is 0 Å². The van der Waals surface area contributed by atoms with Gasteiger partial charge in [-0.25, -0.2) is 0 Å². The van der Waals surface area contributed by atoms with Crippen molar-refractivity contribution in [1.82, 2.24) is 0 Å². The molecule has 0 heterocycles. The maximum Gasteiger partial charge on any atom is 0.0726 e. The summed E-state index contributed by atoms with van der Waals surface area (Å²) in [5.74, 6) is 0. The normalized spacial score (nSPS) is 14.6. The SMILES string of the molecule is CSc1cccc2c1-c1ccccc1C21c2ccccc2-c2c(N(c3ccccc3)c3cccc(N(c4ccccc4)c4cccc(Cl)c4)c3)cccc21. The Labute approximate surface area is 325 Å².